The molecule has 0 aromatic carbocycles. The lowest BCUT2D eigenvalue weighted by Crippen LogP contribution is -2.09. The van der Waals surface area contributed by atoms with Crippen molar-refractivity contribution in [2.75, 3.05) is 0 Å². The van der Waals surface area contributed by atoms with Gasteiger partial charge in [-0.25, -0.2) is 4.68 Å². The molecule has 0 fully saturated rings. The van der Waals surface area contributed by atoms with Crippen molar-refractivity contribution >= 4 is 28.8 Å². The minimum atomic E-state index is -0.505. The predicted molar refractivity (Wildman–Crippen MR) is 57.0 cm³/mol. The molecule has 2 aromatic heterocycles. The van der Waals surface area contributed by atoms with Crippen LogP contribution < -0.4 is 5.73 Å². The van der Waals surface area contributed by atoms with Gasteiger partial charge in [0, 0.05) is 11.8 Å². The number of thiophene rings is 1. The number of carbonyl (C=O) groups is 1. The highest BCUT2D eigenvalue weighted by atomic mass is 35.5. The lowest BCUT2D eigenvalue weighted by Gasteiger charge is -1.98. The van der Waals surface area contributed by atoms with Crippen LogP contribution in [0.15, 0.2) is 17.8 Å². The topological polar surface area (TPSA) is 73.8 Å². The van der Waals surface area contributed by atoms with E-state index in [9.17, 15) is 4.79 Å². The molecule has 1 amide bonds. The van der Waals surface area contributed by atoms with Crippen LogP contribution in [0.5, 0.6) is 0 Å². The third kappa shape index (κ3) is 2.00. The maximum atomic E-state index is 11.0. The fourth-order valence-electron chi connectivity index (χ4n) is 1.14. The molecule has 0 aliphatic carbocycles. The fourth-order valence-corrected chi connectivity index (χ4v) is 2.35. The second kappa shape index (κ2) is 4.00. The normalized spacial score (nSPS) is 10.5. The zero-order chi connectivity index (χ0) is 10.8. The van der Waals surface area contributed by atoms with E-state index in [2.05, 4.69) is 10.3 Å². The summed E-state index contributed by atoms with van der Waals surface area (Å²) in [7, 11) is 0. The number of carbonyl (C=O) groups excluding carboxylic acids is 1. The summed E-state index contributed by atoms with van der Waals surface area (Å²) in [6.07, 6.45) is 3.30. The summed E-state index contributed by atoms with van der Waals surface area (Å²) in [5.74, 6) is -0.505. The Morgan fingerprint density at radius 2 is 2.47 bits per heavy atom. The summed E-state index contributed by atoms with van der Waals surface area (Å²) in [6, 6.07) is 0. The maximum absolute atomic E-state index is 11.0. The number of nitrogens with two attached hydrogens (primary N) is 1. The number of nitrogens with zero attached hydrogens (tertiary/aromatic N) is 3. The summed E-state index contributed by atoms with van der Waals surface area (Å²) >= 11 is 7.22. The molecule has 2 rings (SSSR count). The minimum absolute atomic E-state index is 0.381. The summed E-state index contributed by atoms with van der Waals surface area (Å²) in [6.45, 7) is 0.489. The Morgan fingerprint density at radius 1 is 1.67 bits per heavy atom. The Labute approximate surface area is 94.5 Å². The molecule has 5 nitrogen and oxygen atoms in total. The zero-order valence-corrected chi connectivity index (χ0v) is 9.13. The predicted octanol–water partition coefficient (Wildman–Crippen LogP) is 1.14. The SMILES string of the molecule is NC(=O)c1scc(Cn2ccnn2)c1Cl. The number of rotatable bonds is 3. The first-order valence-electron chi connectivity index (χ1n) is 4.08. The zero-order valence-electron chi connectivity index (χ0n) is 7.55. The molecule has 7 heteroatoms. The van der Waals surface area contributed by atoms with Crippen LogP contribution in [0.4, 0.5) is 0 Å². The summed E-state index contributed by atoms with van der Waals surface area (Å²) in [4.78, 5) is 11.3. The first-order valence-corrected chi connectivity index (χ1v) is 5.34. The largest absolute Gasteiger partial charge is 0.365 e. The van der Waals surface area contributed by atoms with Crippen molar-refractivity contribution in [2.24, 2.45) is 5.73 Å². The third-order valence-corrected chi connectivity index (χ3v) is 3.42. The molecule has 2 heterocycles. The molecular weight excluding hydrogens is 236 g/mol. The smallest absolute Gasteiger partial charge is 0.260 e. The Morgan fingerprint density at radius 3 is 3.00 bits per heavy atom. The lowest BCUT2D eigenvalue weighted by atomic mass is 10.3. The van der Waals surface area contributed by atoms with Gasteiger partial charge in [-0.05, 0) is 5.38 Å². The third-order valence-electron chi connectivity index (χ3n) is 1.83. The van der Waals surface area contributed by atoms with Gasteiger partial charge in [-0.3, -0.25) is 4.79 Å². The first kappa shape index (κ1) is 10.1. The van der Waals surface area contributed by atoms with Crippen molar-refractivity contribution < 1.29 is 4.79 Å². The van der Waals surface area contributed by atoms with Gasteiger partial charge in [-0.15, -0.1) is 16.4 Å². The van der Waals surface area contributed by atoms with Crippen molar-refractivity contribution in [3.63, 3.8) is 0 Å². The number of amides is 1. The Hall–Kier alpha value is -1.40. The van der Waals surface area contributed by atoms with Crippen molar-refractivity contribution in [3.05, 3.63) is 33.2 Å². The van der Waals surface area contributed by atoms with Crippen LogP contribution in [0.2, 0.25) is 5.02 Å². The minimum Gasteiger partial charge on any atom is -0.365 e. The van der Waals surface area contributed by atoms with E-state index in [4.69, 9.17) is 17.3 Å². The van der Waals surface area contributed by atoms with Crippen molar-refractivity contribution in [1.82, 2.24) is 15.0 Å². The molecule has 0 saturated carbocycles. The van der Waals surface area contributed by atoms with E-state index in [1.165, 1.54) is 11.3 Å². The van der Waals surface area contributed by atoms with E-state index in [1.54, 1.807) is 22.5 Å². The molecule has 0 aliphatic rings. The number of hydrogen-bond acceptors (Lipinski definition) is 4. The van der Waals surface area contributed by atoms with E-state index < -0.39 is 5.91 Å². The average Bonchev–Trinajstić information content (AvgIpc) is 2.78. The van der Waals surface area contributed by atoms with E-state index in [0.717, 1.165) is 5.56 Å². The quantitative estimate of drug-likeness (QED) is 0.877. The van der Waals surface area contributed by atoms with Crippen LogP contribution >= 0.6 is 22.9 Å². The number of hydrogen-bond donors (Lipinski definition) is 1. The van der Waals surface area contributed by atoms with Gasteiger partial charge in [0.2, 0.25) is 0 Å². The molecule has 0 aliphatic heterocycles. The van der Waals surface area contributed by atoms with Gasteiger partial charge >= 0.3 is 0 Å². The van der Waals surface area contributed by atoms with E-state index in [1.807, 2.05) is 0 Å². The Bertz CT molecular complexity index is 479. The second-order valence-electron chi connectivity index (χ2n) is 2.87. The van der Waals surface area contributed by atoms with Crippen LogP contribution in [0.25, 0.3) is 0 Å². The molecular formula is C8H7ClN4OS. The van der Waals surface area contributed by atoms with Gasteiger partial charge in [0.25, 0.3) is 5.91 Å². The van der Waals surface area contributed by atoms with Crippen molar-refractivity contribution in [2.45, 2.75) is 6.54 Å². The number of primary amides is 1. The number of halogens is 1. The lowest BCUT2D eigenvalue weighted by molar-refractivity contribution is 0.100. The Balaban J connectivity index is 2.27. The molecule has 0 radical (unpaired) electrons. The molecule has 0 spiro atoms. The van der Waals surface area contributed by atoms with Gasteiger partial charge in [0.1, 0.15) is 4.88 Å². The molecule has 2 aromatic rings. The second-order valence-corrected chi connectivity index (χ2v) is 4.13. The first-order chi connectivity index (χ1) is 7.18. The monoisotopic (exact) mass is 242 g/mol. The van der Waals surface area contributed by atoms with Crippen molar-refractivity contribution in [3.8, 4) is 0 Å². The summed E-state index contributed by atoms with van der Waals surface area (Å²) in [5, 5.41) is 9.68. The van der Waals surface area contributed by atoms with Crippen molar-refractivity contribution in [1.29, 1.82) is 0 Å². The van der Waals surface area contributed by atoms with Crippen LogP contribution in [0.1, 0.15) is 15.2 Å². The highest BCUT2D eigenvalue weighted by molar-refractivity contribution is 7.13. The van der Waals surface area contributed by atoms with Gasteiger partial charge in [-0.1, -0.05) is 16.8 Å². The van der Waals surface area contributed by atoms with Gasteiger partial charge in [-0.2, -0.15) is 0 Å². The van der Waals surface area contributed by atoms with E-state index in [0.29, 0.717) is 16.4 Å². The average molecular weight is 243 g/mol. The molecule has 0 bridgehead atoms. The fraction of sp³-hybridized carbons (Fsp3) is 0.125. The van der Waals surface area contributed by atoms with Crippen LogP contribution in [-0.2, 0) is 6.54 Å². The molecule has 15 heavy (non-hydrogen) atoms. The highest BCUT2D eigenvalue weighted by Crippen LogP contribution is 2.27. The van der Waals surface area contributed by atoms with Crippen LogP contribution in [0, 0.1) is 0 Å². The molecule has 0 saturated heterocycles. The van der Waals surface area contributed by atoms with Gasteiger partial charge in [0.05, 0.1) is 17.8 Å². The highest BCUT2D eigenvalue weighted by Gasteiger charge is 2.14. The van der Waals surface area contributed by atoms with Crippen LogP contribution in [0.3, 0.4) is 0 Å². The Kier molecular flexibility index (Phi) is 2.70. The maximum Gasteiger partial charge on any atom is 0.260 e. The van der Waals surface area contributed by atoms with Gasteiger partial charge in [0.15, 0.2) is 0 Å². The number of aromatic nitrogens is 3. The molecule has 0 atom stereocenters. The standard InChI is InChI=1S/C8H7ClN4OS/c9-6-5(3-13-2-1-11-12-13)4-15-7(6)8(10)14/h1-2,4H,3H2,(H2,10,14). The van der Waals surface area contributed by atoms with Gasteiger partial charge < -0.3 is 5.73 Å². The summed E-state index contributed by atoms with van der Waals surface area (Å²) < 4.78 is 1.62. The van der Waals surface area contributed by atoms with E-state index in [-0.39, 0.29) is 0 Å². The van der Waals surface area contributed by atoms with Crippen LogP contribution in [-0.4, -0.2) is 20.9 Å². The summed E-state index contributed by atoms with van der Waals surface area (Å²) in [5.41, 5.74) is 5.97. The molecule has 2 N–H and O–H groups in total. The molecule has 78 valence electrons. The van der Waals surface area contributed by atoms with E-state index >= 15 is 0 Å². The molecule has 0 unspecified atom stereocenters.